The number of nitrogens with one attached hydrogen (secondary N) is 1. The van der Waals surface area contributed by atoms with Gasteiger partial charge in [-0.15, -0.1) is 0 Å². The number of methoxy groups -OCH3 is 1. The molecule has 3 heterocycles. The molecule has 0 bridgehead atoms. The lowest BCUT2D eigenvalue weighted by Crippen LogP contribution is -2.60. The summed E-state index contributed by atoms with van der Waals surface area (Å²) in [5.74, 6) is -0.289. The van der Waals surface area contributed by atoms with Crippen LogP contribution in [-0.4, -0.2) is 99.1 Å². The topological polar surface area (TPSA) is 175 Å². The van der Waals surface area contributed by atoms with E-state index in [1.165, 1.54) is 18.2 Å². The summed E-state index contributed by atoms with van der Waals surface area (Å²) in [6.45, 7) is 3.68. The lowest BCUT2D eigenvalue weighted by molar-refractivity contribution is -0.288. The van der Waals surface area contributed by atoms with Gasteiger partial charge in [0, 0.05) is 36.7 Å². The summed E-state index contributed by atoms with van der Waals surface area (Å²) in [7, 11) is 1.56. The number of aryl methyl sites for hydroxylation is 1. The minimum Gasteiger partial charge on any atom is -0.508 e. The van der Waals surface area contributed by atoms with Crippen LogP contribution >= 0.6 is 0 Å². The Morgan fingerprint density at radius 1 is 0.956 bits per heavy atom. The van der Waals surface area contributed by atoms with Gasteiger partial charge in [-0.1, -0.05) is 12.1 Å². The van der Waals surface area contributed by atoms with Crippen molar-refractivity contribution in [1.82, 2.24) is 5.32 Å². The third kappa shape index (κ3) is 8.00. The van der Waals surface area contributed by atoms with Crippen LogP contribution in [0.5, 0.6) is 11.5 Å². The SMILES string of the molecule is CO[C@H]1c2ccc(C)cc2O[C@H]2O[C@H](COCCOCCOCCNC(=O)Cc3cc(=O)oc4cc(O)ccc34)[C@H](O)[C@H](O)[C@H]21. The van der Waals surface area contributed by atoms with Crippen molar-refractivity contribution in [2.24, 2.45) is 5.92 Å². The van der Waals surface area contributed by atoms with E-state index in [1.807, 2.05) is 25.1 Å². The summed E-state index contributed by atoms with van der Waals surface area (Å²) in [5.41, 5.74) is 1.94. The van der Waals surface area contributed by atoms with Gasteiger partial charge in [-0.25, -0.2) is 4.79 Å². The second-order valence-electron chi connectivity index (χ2n) is 11.0. The second kappa shape index (κ2) is 15.1. The number of aliphatic hydroxyl groups excluding tert-OH is 2. The summed E-state index contributed by atoms with van der Waals surface area (Å²) < 4.78 is 39.5. The smallest absolute Gasteiger partial charge is 0.336 e. The molecule has 3 aromatic rings. The fourth-order valence-electron chi connectivity index (χ4n) is 5.62. The molecular formula is C32H39NO12. The summed E-state index contributed by atoms with van der Waals surface area (Å²) in [6, 6.07) is 11.4. The molecule has 6 atom stereocenters. The van der Waals surface area contributed by atoms with Gasteiger partial charge in [0.05, 0.1) is 64.2 Å². The number of hydrogen-bond acceptors (Lipinski definition) is 12. The molecule has 5 rings (SSSR count). The van der Waals surface area contributed by atoms with Gasteiger partial charge < -0.3 is 53.5 Å². The van der Waals surface area contributed by atoms with E-state index in [-0.39, 0.29) is 56.6 Å². The Labute approximate surface area is 259 Å². The zero-order valence-electron chi connectivity index (χ0n) is 25.2. The van der Waals surface area contributed by atoms with Crippen molar-refractivity contribution in [1.29, 1.82) is 0 Å². The summed E-state index contributed by atoms with van der Waals surface area (Å²) in [4.78, 5) is 24.1. The van der Waals surface area contributed by atoms with Crippen molar-refractivity contribution < 1.29 is 53.0 Å². The van der Waals surface area contributed by atoms with Crippen molar-refractivity contribution in [2.75, 3.05) is 53.3 Å². The minimum absolute atomic E-state index is 0.0204. The standard InChI is InChI=1S/C32H39NO12/c1-18-3-5-22-23(13-18)44-32-28(31(22)39-2)30(38)29(37)25(45-32)17-42-12-11-41-10-9-40-8-7-33-26(35)14-19-15-27(36)43-24-16-20(34)4-6-21(19)24/h3-6,13,15-16,25,28-32,34,37-38H,7-12,14,17H2,1-2H3,(H,33,35)/t25-,28+,29+,30-,31+,32+/m1/s1. The van der Waals surface area contributed by atoms with Gasteiger partial charge in [0.2, 0.25) is 12.2 Å². The fourth-order valence-corrected chi connectivity index (χ4v) is 5.62. The number of carbonyl (C=O) groups is 1. The number of aromatic hydroxyl groups is 1. The highest BCUT2D eigenvalue weighted by Gasteiger charge is 2.52. The molecule has 0 radical (unpaired) electrons. The number of hydrogen-bond donors (Lipinski definition) is 4. The first-order chi connectivity index (χ1) is 21.7. The molecule has 1 fully saturated rings. The Bertz CT molecular complexity index is 1510. The zero-order chi connectivity index (χ0) is 31.9. The van der Waals surface area contributed by atoms with E-state index >= 15 is 0 Å². The largest absolute Gasteiger partial charge is 0.508 e. The van der Waals surface area contributed by atoms with E-state index in [4.69, 9.17) is 32.8 Å². The number of phenols is 1. The molecule has 13 heteroatoms. The molecule has 13 nitrogen and oxygen atoms in total. The van der Waals surface area contributed by atoms with Crippen LogP contribution in [0.15, 0.2) is 51.7 Å². The molecule has 1 aromatic heterocycles. The van der Waals surface area contributed by atoms with Gasteiger partial charge in [0.15, 0.2) is 0 Å². The molecule has 0 spiro atoms. The quantitative estimate of drug-likeness (QED) is 0.149. The third-order valence-electron chi connectivity index (χ3n) is 7.83. The van der Waals surface area contributed by atoms with E-state index in [0.29, 0.717) is 29.9 Å². The molecule has 2 aliphatic rings. The molecular weight excluding hydrogens is 590 g/mol. The van der Waals surface area contributed by atoms with Crippen molar-refractivity contribution in [2.45, 2.75) is 44.1 Å². The van der Waals surface area contributed by atoms with Crippen LogP contribution in [0.3, 0.4) is 0 Å². The first-order valence-corrected chi connectivity index (χ1v) is 14.8. The highest BCUT2D eigenvalue weighted by atomic mass is 16.7. The number of carbonyl (C=O) groups excluding carboxylic acids is 1. The van der Waals surface area contributed by atoms with Crippen LogP contribution in [0.4, 0.5) is 0 Å². The molecule has 2 aromatic carbocycles. The van der Waals surface area contributed by atoms with E-state index < -0.39 is 42.2 Å². The van der Waals surface area contributed by atoms with E-state index in [2.05, 4.69) is 5.32 Å². The van der Waals surface area contributed by atoms with Crippen LogP contribution < -0.4 is 15.7 Å². The lowest BCUT2D eigenvalue weighted by atomic mass is 9.81. The molecule has 0 saturated carbocycles. The van der Waals surface area contributed by atoms with Gasteiger partial charge >= 0.3 is 5.63 Å². The Morgan fingerprint density at radius 2 is 1.71 bits per heavy atom. The molecule has 4 N–H and O–H groups in total. The first-order valence-electron chi connectivity index (χ1n) is 14.8. The zero-order valence-corrected chi connectivity index (χ0v) is 25.2. The number of aliphatic hydroxyl groups is 2. The Hall–Kier alpha value is -3.56. The van der Waals surface area contributed by atoms with Gasteiger partial charge in [-0.3, -0.25) is 4.79 Å². The summed E-state index contributed by atoms with van der Waals surface area (Å²) in [5, 5.41) is 34.6. The Morgan fingerprint density at radius 3 is 2.49 bits per heavy atom. The maximum atomic E-state index is 12.3. The fraction of sp³-hybridized carbons (Fsp3) is 0.500. The lowest BCUT2D eigenvalue weighted by Gasteiger charge is -2.47. The Balaban J connectivity index is 0.942. The first kappa shape index (κ1) is 32.8. The number of fused-ring (bicyclic) bond motifs is 3. The van der Waals surface area contributed by atoms with Gasteiger partial charge in [0.25, 0.3) is 0 Å². The van der Waals surface area contributed by atoms with Crippen LogP contribution in [0.25, 0.3) is 11.0 Å². The van der Waals surface area contributed by atoms with E-state index in [1.54, 1.807) is 13.2 Å². The van der Waals surface area contributed by atoms with Gasteiger partial charge in [0.1, 0.15) is 29.3 Å². The van der Waals surface area contributed by atoms with Gasteiger partial charge in [-0.05, 0) is 36.2 Å². The number of phenolic OH excluding ortho intramolecular Hbond substituents is 1. The molecule has 1 saturated heterocycles. The van der Waals surface area contributed by atoms with E-state index in [0.717, 1.165) is 11.1 Å². The van der Waals surface area contributed by atoms with Crippen LogP contribution in [0.1, 0.15) is 22.8 Å². The maximum Gasteiger partial charge on any atom is 0.336 e. The average molecular weight is 630 g/mol. The van der Waals surface area contributed by atoms with Crippen LogP contribution in [0.2, 0.25) is 0 Å². The van der Waals surface area contributed by atoms with Crippen LogP contribution in [0, 0.1) is 12.8 Å². The molecule has 0 unspecified atom stereocenters. The predicted molar refractivity (Wildman–Crippen MR) is 159 cm³/mol. The molecule has 1 amide bonds. The van der Waals surface area contributed by atoms with Crippen molar-refractivity contribution in [3.8, 4) is 11.5 Å². The average Bonchev–Trinajstić information content (AvgIpc) is 3.00. The molecule has 2 aliphatic heterocycles. The maximum absolute atomic E-state index is 12.3. The highest BCUT2D eigenvalue weighted by Crippen LogP contribution is 2.46. The summed E-state index contributed by atoms with van der Waals surface area (Å²) >= 11 is 0. The number of ether oxygens (including phenoxy) is 6. The monoisotopic (exact) mass is 629 g/mol. The van der Waals surface area contributed by atoms with Crippen molar-refractivity contribution in [3.05, 3.63) is 69.6 Å². The number of benzene rings is 2. The predicted octanol–water partition coefficient (Wildman–Crippen LogP) is 1.36. The van der Waals surface area contributed by atoms with E-state index in [9.17, 15) is 24.9 Å². The van der Waals surface area contributed by atoms with Crippen molar-refractivity contribution in [3.63, 3.8) is 0 Å². The molecule has 244 valence electrons. The summed E-state index contributed by atoms with van der Waals surface area (Å²) in [6.07, 6.45) is -4.43. The molecule has 0 aliphatic carbocycles. The Kier molecular flexibility index (Phi) is 11.0. The normalized spacial score (nSPS) is 24.1. The minimum atomic E-state index is -1.18. The van der Waals surface area contributed by atoms with Crippen molar-refractivity contribution >= 4 is 16.9 Å². The third-order valence-corrected chi connectivity index (χ3v) is 7.83. The second-order valence-corrected chi connectivity index (χ2v) is 11.0. The number of amides is 1. The van der Waals surface area contributed by atoms with Crippen LogP contribution in [-0.2, 0) is 34.9 Å². The number of rotatable bonds is 14. The molecule has 45 heavy (non-hydrogen) atoms. The highest BCUT2D eigenvalue weighted by molar-refractivity contribution is 5.87. The van der Waals surface area contributed by atoms with Gasteiger partial charge in [-0.2, -0.15) is 0 Å².